The Bertz CT molecular complexity index is 1170. The van der Waals surface area contributed by atoms with Crippen LogP contribution in [0.5, 0.6) is 0 Å². The van der Waals surface area contributed by atoms with E-state index in [9.17, 15) is 27.4 Å². The van der Waals surface area contributed by atoms with Gasteiger partial charge in [0.25, 0.3) is 11.8 Å². The summed E-state index contributed by atoms with van der Waals surface area (Å²) in [5.41, 5.74) is 5.66. The number of anilines is 1. The van der Waals surface area contributed by atoms with Gasteiger partial charge in [-0.25, -0.2) is 27.2 Å². The molecule has 2 amide bonds. The minimum Gasteiger partial charge on any atom is -0.731 e. The van der Waals surface area contributed by atoms with Crippen molar-refractivity contribution in [2.24, 2.45) is 5.16 Å². The van der Waals surface area contributed by atoms with Crippen LogP contribution in [0, 0.1) is 0 Å². The minimum absolute atomic E-state index is 0. The van der Waals surface area contributed by atoms with Crippen LogP contribution < -0.4 is 40.6 Å². The molecule has 0 saturated carbocycles. The van der Waals surface area contributed by atoms with Crippen molar-refractivity contribution in [1.29, 1.82) is 0 Å². The molecule has 0 spiro atoms. The van der Waals surface area contributed by atoms with Crippen molar-refractivity contribution >= 4 is 50.8 Å². The molecule has 1 aliphatic heterocycles. The molecule has 3 heterocycles. The number of hydrogen-bond acceptors (Lipinski definition) is 14. The van der Waals surface area contributed by atoms with Crippen LogP contribution in [-0.4, -0.2) is 73.9 Å². The smallest absolute Gasteiger partial charge is 0.731 e. The fourth-order valence-electron chi connectivity index (χ4n) is 2.56. The monoisotopic (exact) mass is 510 g/mol. The Balaban J connectivity index is 0.00000385. The number of nitrogens with one attached hydrogen (secondary N) is 1. The molecule has 3 rings (SSSR count). The molecule has 2 atom stereocenters. The second-order valence-corrected chi connectivity index (χ2v) is 8.12. The van der Waals surface area contributed by atoms with Gasteiger partial charge in [-0.2, -0.15) is 0 Å². The number of nitrogens with two attached hydrogens (primary N) is 1. The van der Waals surface area contributed by atoms with Gasteiger partial charge in [0.05, 0.1) is 18.5 Å². The summed E-state index contributed by atoms with van der Waals surface area (Å²) in [5.74, 6) is -2.99. The van der Waals surface area contributed by atoms with Gasteiger partial charge < -0.3 is 25.2 Å². The Kier molecular flexibility index (Phi) is 8.86. The number of rotatable bonds is 9. The molecule has 0 aromatic carbocycles. The molecule has 1 fully saturated rings. The van der Waals surface area contributed by atoms with Crippen LogP contribution in [0.25, 0.3) is 0 Å². The molecule has 2 aromatic heterocycles. The summed E-state index contributed by atoms with van der Waals surface area (Å²) in [5, 5.41) is 14.6. The van der Waals surface area contributed by atoms with Crippen LogP contribution in [0.2, 0.25) is 0 Å². The standard InChI is InChI=1S/C14H16N8O8S2.Na/c1-2-29-13(25)8-4-21(20-19-8)11-10(12(24)22(11)32(26,27)28)18-9(23)3-16-30-5-7-6-31-14(15)17-7;/h3-4,6,10-11H,2,5H2,1H3,(H2,15,17)(H,18,23)(H,26,27,28);/q;+1/p-1/b16-3+;. The zero-order chi connectivity index (χ0) is 23.5. The quantitative estimate of drug-likeness (QED) is 0.0807. The zero-order valence-corrected chi connectivity index (χ0v) is 20.8. The van der Waals surface area contributed by atoms with E-state index in [1.807, 2.05) is 0 Å². The number of carbonyl (C=O) groups is 3. The number of hydrogen-bond donors (Lipinski definition) is 2. The molecule has 2 aromatic rings. The summed E-state index contributed by atoms with van der Waals surface area (Å²) in [6.45, 7) is 1.53. The minimum atomic E-state index is -5.25. The van der Waals surface area contributed by atoms with Crippen molar-refractivity contribution in [2.75, 3.05) is 12.3 Å². The van der Waals surface area contributed by atoms with Gasteiger partial charge in [-0.3, -0.25) is 9.59 Å². The number of β-lactam (4-membered cyclic amide) rings is 1. The van der Waals surface area contributed by atoms with E-state index in [2.05, 4.69) is 25.8 Å². The number of nitrogens with zero attached hydrogens (tertiary/aromatic N) is 6. The van der Waals surface area contributed by atoms with E-state index < -0.39 is 40.3 Å². The van der Waals surface area contributed by atoms with Crippen LogP contribution >= 0.6 is 11.3 Å². The van der Waals surface area contributed by atoms with Gasteiger partial charge in [-0.15, -0.1) is 16.4 Å². The number of thiazole rings is 1. The molecule has 0 bridgehead atoms. The van der Waals surface area contributed by atoms with Crippen LogP contribution in [0.4, 0.5) is 5.13 Å². The summed E-state index contributed by atoms with van der Waals surface area (Å²) >= 11 is 1.19. The Labute approximate surface area is 212 Å². The Hall–Kier alpha value is -2.64. The molecule has 19 heteroatoms. The van der Waals surface area contributed by atoms with Crippen LogP contribution in [0.3, 0.4) is 0 Å². The second-order valence-electron chi connectivity index (χ2n) is 5.98. The molecule has 0 aliphatic carbocycles. The third kappa shape index (κ3) is 6.24. The normalized spacial score (nSPS) is 17.9. The molecule has 172 valence electrons. The first kappa shape index (κ1) is 26.6. The Morgan fingerprint density at radius 3 is 2.79 bits per heavy atom. The van der Waals surface area contributed by atoms with E-state index in [-0.39, 0.29) is 52.8 Å². The van der Waals surface area contributed by atoms with Crippen molar-refractivity contribution in [2.45, 2.75) is 25.7 Å². The molecule has 3 N–H and O–H groups in total. The third-order valence-corrected chi connectivity index (χ3v) is 5.45. The van der Waals surface area contributed by atoms with Gasteiger partial charge in [-0.1, -0.05) is 10.4 Å². The molecule has 0 radical (unpaired) electrons. The van der Waals surface area contributed by atoms with E-state index in [0.717, 1.165) is 10.9 Å². The first-order chi connectivity index (χ1) is 15.1. The third-order valence-electron chi connectivity index (χ3n) is 3.85. The summed E-state index contributed by atoms with van der Waals surface area (Å²) in [6.07, 6.45) is 0.0835. The van der Waals surface area contributed by atoms with Crippen LogP contribution in [0.15, 0.2) is 16.7 Å². The average Bonchev–Trinajstić information content (AvgIpc) is 3.35. The summed E-state index contributed by atoms with van der Waals surface area (Å²) < 4.78 is 39.8. The molecule has 2 unspecified atom stereocenters. The maximum absolute atomic E-state index is 12.2. The van der Waals surface area contributed by atoms with E-state index in [1.165, 1.54) is 11.3 Å². The molecular formula is C14H15N8NaO8S2. The van der Waals surface area contributed by atoms with E-state index in [1.54, 1.807) is 12.3 Å². The van der Waals surface area contributed by atoms with Gasteiger partial charge in [0.15, 0.2) is 39.9 Å². The van der Waals surface area contributed by atoms with Gasteiger partial charge in [0.2, 0.25) is 0 Å². The number of oxime groups is 1. The summed E-state index contributed by atoms with van der Waals surface area (Å²) in [7, 11) is -5.25. The van der Waals surface area contributed by atoms with Crippen LogP contribution in [-0.2, 0) is 36.1 Å². The molecule has 1 aliphatic rings. The van der Waals surface area contributed by atoms with E-state index in [0.29, 0.717) is 17.0 Å². The van der Waals surface area contributed by atoms with Gasteiger partial charge in [0, 0.05) is 5.38 Å². The first-order valence-electron chi connectivity index (χ1n) is 8.65. The predicted octanol–water partition coefficient (Wildman–Crippen LogP) is -5.01. The number of carbonyl (C=O) groups excluding carboxylic acids is 3. The summed E-state index contributed by atoms with van der Waals surface area (Å²) in [6, 6.07) is -1.51. The fourth-order valence-corrected chi connectivity index (χ4v) is 3.92. The maximum atomic E-state index is 12.2. The van der Waals surface area contributed by atoms with Gasteiger partial charge >= 0.3 is 35.5 Å². The predicted molar refractivity (Wildman–Crippen MR) is 103 cm³/mol. The number of aromatic nitrogens is 4. The van der Waals surface area contributed by atoms with Crippen LogP contribution in [0.1, 0.15) is 29.3 Å². The van der Waals surface area contributed by atoms with Crippen molar-refractivity contribution in [3.63, 3.8) is 0 Å². The van der Waals surface area contributed by atoms with Crippen molar-refractivity contribution in [1.82, 2.24) is 29.6 Å². The Morgan fingerprint density at radius 2 is 2.18 bits per heavy atom. The van der Waals surface area contributed by atoms with Crippen molar-refractivity contribution < 1.29 is 66.5 Å². The Morgan fingerprint density at radius 1 is 1.45 bits per heavy atom. The fraction of sp³-hybridized carbons (Fsp3) is 0.357. The summed E-state index contributed by atoms with van der Waals surface area (Å²) in [4.78, 5) is 44.7. The van der Waals surface area contributed by atoms with Gasteiger partial charge in [-0.05, 0) is 6.92 Å². The SMILES string of the molecule is CCOC(=O)c1cn(C2C(NC(=O)/C=N/OCc3csc(N)n3)C(=O)N2S(=O)(=O)[O-])nn1.[Na+]. The van der Waals surface area contributed by atoms with E-state index >= 15 is 0 Å². The molecule has 33 heavy (non-hydrogen) atoms. The van der Waals surface area contributed by atoms with E-state index in [4.69, 9.17) is 15.3 Å². The molecule has 1 saturated heterocycles. The topological polar surface area (TPSA) is 224 Å². The second kappa shape index (κ2) is 11.0. The largest absolute Gasteiger partial charge is 1.00 e. The van der Waals surface area contributed by atoms with Crippen molar-refractivity contribution in [3.05, 3.63) is 23.0 Å². The van der Waals surface area contributed by atoms with Crippen molar-refractivity contribution in [3.8, 4) is 0 Å². The number of ether oxygens (including phenoxy) is 1. The molecule has 16 nitrogen and oxygen atoms in total. The zero-order valence-electron chi connectivity index (χ0n) is 17.1. The van der Waals surface area contributed by atoms with Gasteiger partial charge in [0.1, 0.15) is 6.21 Å². The number of nitrogen functional groups attached to an aromatic ring is 1. The molecular weight excluding hydrogens is 495 g/mol. The number of esters is 1. The maximum Gasteiger partial charge on any atom is 1.00 e. The average molecular weight is 510 g/mol. The first-order valence-corrected chi connectivity index (χ1v) is 10.9. The number of amides is 2.